The van der Waals surface area contributed by atoms with Crippen molar-refractivity contribution in [3.05, 3.63) is 35.9 Å². The Morgan fingerprint density at radius 2 is 1.94 bits per heavy atom. The van der Waals surface area contributed by atoms with E-state index >= 15 is 0 Å². The third-order valence-electron chi connectivity index (χ3n) is 3.71. The smallest absolute Gasteiger partial charge is 0.327 e. The number of hydrogen-bond acceptors (Lipinski definition) is 3. The molecular formula is C15H21NO2. The molecule has 0 aromatic heterocycles. The van der Waals surface area contributed by atoms with Gasteiger partial charge in [-0.15, -0.1) is 0 Å². The van der Waals surface area contributed by atoms with Crippen molar-refractivity contribution in [3.63, 3.8) is 0 Å². The highest BCUT2D eigenvalue weighted by atomic mass is 16.5. The molecule has 3 heteroatoms. The Morgan fingerprint density at radius 3 is 2.61 bits per heavy atom. The van der Waals surface area contributed by atoms with Crippen LogP contribution in [0.3, 0.4) is 0 Å². The maximum absolute atomic E-state index is 12.0. The van der Waals surface area contributed by atoms with Gasteiger partial charge < -0.3 is 10.5 Å². The highest BCUT2D eigenvalue weighted by Crippen LogP contribution is 2.27. The van der Waals surface area contributed by atoms with Crippen molar-refractivity contribution in [1.82, 2.24) is 0 Å². The summed E-state index contributed by atoms with van der Waals surface area (Å²) in [6, 6.07) is 8.72. The molecule has 1 aromatic rings. The molecule has 2 rings (SSSR count). The van der Waals surface area contributed by atoms with Crippen molar-refractivity contribution in [1.29, 1.82) is 0 Å². The van der Waals surface area contributed by atoms with E-state index < -0.39 is 6.04 Å². The summed E-state index contributed by atoms with van der Waals surface area (Å²) in [5, 5.41) is 0. The lowest BCUT2D eigenvalue weighted by atomic mass is 9.88. The van der Waals surface area contributed by atoms with Crippen molar-refractivity contribution in [2.75, 3.05) is 0 Å². The summed E-state index contributed by atoms with van der Waals surface area (Å²) in [7, 11) is 0. The molecule has 1 aliphatic rings. The van der Waals surface area contributed by atoms with Gasteiger partial charge in [0.15, 0.2) is 0 Å². The summed E-state index contributed by atoms with van der Waals surface area (Å²) in [4.78, 5) is 12.0. The van der Waals surface area contributed by atoms with Gasteiger partial charge in [-0.25, -0.2) is 4.79 Å². The van der Waals surface area contributed by atoms with Gasteiger partial charge in [0, 0.05) is 0 Å². The van der Waals surface area contributed by atoms with Gasteiger partial charge >= 0.3 is 5.97 Å². The lowest BCUT2D eigenvalue weighted by Crippen LogP contribution is -2.33. The molecule has 3 nitrogen and oxygen atoms in total. The average molecular weight is 247 g/mol. The van der Waals surface area contributed by atoms with Gasteiger partial charge in [0.25, 0.3) is 0 Å². The van der Waals surface area contributed by atoms with Gasteiger partial charge in [-0.2, -0.15) is 0 Å². The van der Waals surface area contributed by atoms with Crippen LogP contribution < -0.4 is 5.73 Å². The fraction of sp³-hybridized carbons (Fsp3) is 0.533. The largest absolute Gasteiger partial charge is 0.461 e. The highest BCUT2D eigenvalue weighted by Gasteiger charge is 2.27. The molecule has 0 aliphatic heterocycles. The molecule has 0 bridgehead atoms. The maximum atomic E-state index is 12.0. The molecule has 1 saturated carbocycles. The zero-order valence-electron chi connectivity index (χ0n) is 10.8. The zero-order chi connectivity index (χ0) is 13.0. The van der Waals surface area contributed by atoms with E-state index in [4.69, 9.17) is 10.5 Å². The fourth-order valence-electron chi connectivity index (χ4n) is 2.48. The Morgan fingerprint density at radius 1 is 1.28 bits per heavy atom. The first-order chi connectivity index (χ1) is 8.68. The second kappa shape index (κ2) is 6.01. The van der Waals surface area contributed by atoms with Crippen LogP contribution in [-0.2, 0) is 9.53 Å². The number of carbonyl (C=O) groups is 1. The zero-order valence-corrected chi connectivity index (χ0v) is 10.8. The van der Waals surface area contributed by atoms with Gasteiger partial charge in [0.1, 0.15) is 12.1 Å². The summed E-state index contributed by atoms with van der Waals surface area (Å²) in [6.07, 6.45) is 4.52. The van der Waals surface area contributed by atoms with Gasteiger partial charge in [0.2, 0.25) is 0 Å². The van der Waals surface area contributed by atoms with E-state index in [0.717, 1.165) is 24.8 Å². The molecule has 0 radical (unpaired) electrons. The maximum Gasteiger partial charge on any atom is 0.327 e. The van der Waals surface area contributed by atoms with Crippen LogP contribution in [0.15, 0.2) is 30.3 Å². The molecule has 0 spiro atoms. The second-order valence-corrected chi connectivity index (χ2v) is 5.13. The summed E-state index contributed by atoms with van der Waals surface area (Å²) < 4.78 is 5.56. The molecule has 98 valence electrons. The minimum atomic E-state index is -0.666. The minimum absolute atomic E-state index is 0.0426. The minimum Gasteiger partial charge on any atom is -0.461 e. The molecular weight excluding hydrogens is 226 g/mol. The monoisotopic (exact) mass is 247 g/mol. The van der Waals surface area contributed by atoms with Crippen LogP contribution >= 0.6 is 0 Å². The van der Waals surface area contributed by atoms with Crippen molar-refractivity contribution in [2.45, 2.75) is 44.8 Å². The summed E-state index contributed by atoms with van der Waals surface area (Å²) in [6.45, 7) is 2.14. The predicted octanol–water partition coefficient (Wildman–Crippen LogP) is 2.81. The van der Waals surface area contributed by atoms with E-state index in [2.05, 4.69) is 6.92 Å². The van der Waals surface area contributed by atoms with Crippen molar-refractivity contribution < 1.29 is 9.53 Å². The first-order valence-electron chi connectivity index (χ1n) is 6.69. The first kappa shape index (κ1) is 13.1. The lowest BCUT2D eigenvalue weighted by molar-refractivity contribution is -0.155. The van der Waals surface area contributed by atoms with E-state index in [1.54, 1.807) is 0 Å². The summed E-state index contributed by atoms with van der Waals surface area (Å²) in [5.41, 5.74) is 6.74. The van der Waals surface area contributed by atoms with E-state index in [-0.39, 0.29) is 12.1 Å². The van der Waals surface area contributed by atoms with Crippen LogP contribution in [0.25, 0.3) is 0 Å². The van der Waals surface area contributed by atoms with Crippen LogP contribution in [0, 0.1) is 5.92 Å². The normalized spacial score (nSPS) is 25.4. The Balaban J connectivity index is 1.95. The van der Waals surface area contributed by atoms with Crippen LogP contribution in [0.2, 0.25) is 0 Å². The van der Waals surface area contributed by atoms with E-state index in [9.17, 15) is 4.79 Å². The van der Waals surface area contributed by atoms with Crippen LogP contribution in [0.4, 0.5) is 0 Å². The number of esters is 1. The van der Waals surface area contributed by atoms with Crippen molar-refractivity contribution >= 4 is 5.97 Å². The molecule has 1 aromatic carbocycles. The topological polar surface area (TPSA) is 52.3 Å². The molecule has 3 unspecified atom stereocenters. The Bertz CT molecular complexity index is 391. The lowest BCUT2D eigenvalue weighted by Gasteiger charge is -2.29. The third kappa shape index (κ3) is 3.10. The number of nitrogens with two attached hydrogens (primary N) is 1. The summed E-state index contributed by atoms with van der Waals surface area (Å²) in [5.74, 6) is 0.144. The number of carbonyl (C=O) groups excluding carboxylic acids is 1. The van der Waals surface area contributed by atoms with Crippen LogP contribution in [-0.4, -0.2) is 12.1 Å². The van der Waals surface area contributed by atoms with E-state index in [1.165, 1.54) is 6.42 Å². The standard InChI is InChI=1S/C15H21NO2/c1-11-7-5-6-10-13(11)18-15(17)14(16)12-8-3-2-4-9-12/h2-4,8-9,11,13-14H,5-7,10,16H2,1H3. The first-order valence-corrected chi connectivity index (χ1v) is 6.69. The molecule has 0 heterocycles. The third-order valence-corrected chi connectivity index (χ3v) is 3.71. The summed E-state index contributed by atoms with van der Waals surface area (Å²) >= 11 is 0. The number of ether oxygens (including phenoxy) is 1. The van der Waals surface area contributed by atoms with Crippen molar-refractivity contribution in [3.8, 4) is 0 Å². The van der Waals surface area contributed by atoms with Gasteiger partial charge in [-0.1, -0.05) is 43.7 Å². The van der Waals surface area contributed by atoms with Gasteiger partial charge in [0.05, 0.1) is 0 Å². The number of benzene rings is 1. The highest BCUT2D eigenvalue weighted by molar-refractivity contribution is 5.77. The molecule has 3 atom stereocenters. The second-order valence-electron chi connectivity index (χ2n) is 5.13. The molecule has 0 amide bonds. The molecule has 1 aliphatic carbocycles. The predicted molar refractivity (Wildman–Crippen MR) is 70.9 cm³/mol. The van der Waals surface area contributed by atoms with Crippen LogP contribution in [0.1, 0.15) is 44.2 Å². The Labute approximate surface area is 108 Å². The Kier molecular flexibility index (Phi) is 4.37. The van der Waals surface area contributed by atoms with Crippen LogP contribution in [0.5, 0.6) is 0 Å². The molecule has 18 heavy (non-hydrogen) atoms. The quantitative estimate of drug-likeness (QED) is 0.836. The number of rotatable bonds is 3. The Hall–Kier alpha value is -1.35. The SMILES string of the molecule is CC1CCCCC1OC(=O)C(N)c1ccccc1. The van der Waals surface area contributed by atoms with Gasteiger partial charge in [-0.3, -0.25) is 0 Å². The van der Waals surface area contributed by atoms with Gasteiger partial charge in [-0.05, 0) is 30.7 Å². The van der Waals surface area contributed by atoms with E-state index in [1.807, 2.05) is 30.3 Å². The average Bonchev–Trinajstić information content (AvgIpc) is 2.41. The molecule has 0 saturated heterocycles. The van der Waals surface area contributed by atoms with E-state index in [0.29, 0.717) is 5.92 Å². The molecule has 2 N–H and O–H groups in total. The molecule has 1 fully saturated rings. The number of hydrogen-bond donors (Lipinski definition) is 1. The fourth-order valence-corrected chi connectivity index (χ4v) is 2.48. The van der Waals surface area contributed by atoms with Crippen molar-refractivity contribution in [2.24, 2.45) is 11.7 Å².